The third kappa shape index (κ3) is 5.48. The highest BCUT2D eigenvalue weighted by atomic mass is 16.5. The van der Waals surface area contributed by atoms with Gasteiger partial charge in [0.25, 0.3) is 0 Å². The Labute approximate surface area is 157 Å². The van der Waals surface area contributed by atoms with Crippen molar-refractivity contribution in [2.75, 3.05) is 6.61 Å². The van der Waals surface area contributed by atoms with E-state index in [1.807, 2.05) is 13.0 Å². The number of carbonyl (C=O) groups excluding carboxylic acids is 1. The van der Waals surface area contributed by atoms with Crippen molar-refractivity contribution in [1.82, 2.24) is 0 Å². The van der Waals surface area contributed by atoms with Gasteiger partial charge >= 0.3 is 11.6 Å². The molecule has 1 aromatic heterocycles. The smallest absolute Gasteiger partial charge is 0.383 e. The summed E-state index contributed by atoms with van der Waals surface area (Å²) in [7, 11) is 0. The number of allylic oxidation sites excluding steroid dienone is 3. The zero-order valence-electron chi connectivity index (χ0n) is 16.0. The van der Waals surface area contributed by atoms with Crippen LogP contribution in [0.4, 0.5) is 0 Å². The van der Waals surface area contributed by atoms with E-state index >= 15 is 0 Å². The van der Waals surface area contributed by atoms with Gasteiger partial charge in [-0.1, -0.05) is 23.3 Å². The molecule has 0 saturated carbocycles. The van der Waals surface area contributed by atoms with E-state index in [1.165, 1.54) is 18.6 Å². The van der Waals surface area contributed by atoms with E-state index in [1.54, 1.807) is 12.1 Å². The second kappa shape index (κ2) is 9.07. The van der Waals surface area contributed by atoms with Crippen LogP contribution in [0.5, 0.6) is 17.2 Å². The molecule has 0 saturated heterocycles. The number of ether oxygens (including phenoxy) is 2. The molecule has 1 heterocycles. The van der Waals surface area contributed by atoms with Crippen molar-refractivity contribution < 1.29 is 23.8 Å². The Morgan fingerprint density at radius 1 is 1.19 bits per heavy atom. The first-order chi connectivity index (χ1) is 12.8. The van der Waals surface area contributed by atoms with Gasteiger partial charge in [-0.05, 0) is 51.8 Å². The summed E-state index contributed by atoms with van der Waals surface area (Å²) in [4.78, 5) is 23.4. The first kappa shape index (κ1) is 20.3. The van der Waals surface area contributed by atoms with Gasteiger partial charge in [0, 0.05) is 6.92 Å². The molecular formula is C21H24O6. The van der Waals surface area contributed by atoms with Crippen molar-refractivity contribution in [2.45, 2.75) is 40.5 Å². The van der Waals surface area contributed by atoms with Crippen molar-refractivity contribution in [3.05, 3.63) is 51.9 Å². The minimum Gasteiger partial charge on any atom is -0.504 e. The number of hydrogen-bond donors (Lipinski definition) is 1. The molecule has 0 bridgehead atoms. The van der Waals surface area contributed by atoms with Gasteiger partial charge in [0.1, 0.15) is 6.61 Å². The quantitative estimate of drug-likeness (QED) is 0.333. The second-order valence-electron chi connectivity index (χ2n) is 6.48. The number of hydrogen-bond acceptors (Lipinski definition) is 6. The van der Waals surface area contributed by atoms with E-state index in [2.05, 4.69) is 19.9 Å². The number of para-hydroxylation sites is 1. The van der Waals surface area contributed by atoms with E-state index in [0.717, 1.165) is 18.4 Å². The number of esters is 1. The lowest BCUT2D eigenvalue weighted by molar-refractivity contribution is -0.131. The van der Waals surface area contributed by atoms with Crippen molar-refractivity contribution >= 4 is 16.9 Å². The van der Waals surface area contributed by atoms with Gasteiger partial charge < -0.3 is 19.0 Å². The Kier molecular flexibility index (Phi) is 6.82. The molecule has 144 valence electrons. The molecule has 0 aliphatic heterocycles. The van der Waals surface area contributed by atoms with Gasteiger partial charge in [-0.2, -0.15) is 0 Å². The first-order valence-electron chi connectivity index (χ1n) is 8.68. The van der Waals surface area contributed by atoms with Gasteiger partial charge in [-0.15, -0.1) is 0 Å². The maximum Gasteiger partial charge on any atom is 0.383 e. The van der Waals surface area contributed by atoms with Gasteiger partial charge in [0.15, 0.2) is 17.1 Å². The highest BCUT2D eigenvalue weighted by molar-refractivity contribution is 5.90. The SMILES string of the molecule is CC(=O)Oc1cccc2c(O)c(OCC=C(C)CCC=C(C)C)c(=O)oc12. The number of benzene rings is 1. The Morgan fingerprint density at radius 3 is 2.59 bits per heavy atom. The molecule has 0 fully saturated rings. The Balaban J connectivity index is 2.21. The van der Waals surface area contributed by atoms with Crippen LogP contribution in [0.3, 0.4) is 0 Å². The van der Waals surface area contributed by atoms with E-state index in [-0.39, 0.29) is 34.8 Å². The molecule has 6 nitrogen and oxygen atoms in total. The van der Waals surface area contributed by atoms with Crippen LogP contribution in [0.1, 0.15) is 40.5 Å². The predicted octanol–water partition coefficient (Wildman–Crippen LogP) is 4.50. The molecule has 0 amide bonds. The minimum atomic E-state index is -0.838. The molecule has 2 aromatic rings. The van der Waals surface area contributed by atoms with Crippen LogP contribution in [-0.4, -0.2) is 17.7 Å². The van der Waals surface area contributed by atoms with Crippen molar-refractivity contribution in [2.24, 2.45) is 0 Å². The number of rotatable bonds is 7. The van der Waals surface area contributed by atoms with Crippen LogP contribution in [0, 0.1) is 0 Å². The van der Waals surface area contributed by atoms with Crippen LogP contribution in [-0.2, 0) is 4.79 Å². The molecule has 1 aromatic carbocycles. The third-order valence-electron chi connectivity index (χ3n) is 3.83. The van der Waals surface area contributed by atoms with E-state index in [9.17, 15) is 14.7 Å². The number of carbonyl (C=O) groups is 1. The molecule has 0 spiro atoms. The Morgan fingerprint density at radius 2 is 1.93 bits per heavy atom. The zero-order valence-corrected chi connectivity index (χ0v) is 16.0. The van der Waals surface area contributed by atoms with Gasteiger partial charge in [-0.3, -0.25) is 4.79 Å². The summed E-state index contributed by atoms with van der Waals surface area (Å²) in [5, 5.41) is 10.6. The van der Waals surface area contributed by atoms with Crippen LogP contribution in [0.2, 0.25) is 0 Å². The third-order valence-corrected chi connectivity index (χ3v) is 3.83. The summed E-state index contributed by atoms with van der Waals surface area (Å²) in [6.45, 7) is 7.46. The van der Waals surface area contributed by atoms with Crippen LogP contribution in [0.25, 0.3) is 11.0 Å². The fourth-order valence-corrected chi connectivity index (χ4v) is 2.49. The largest absolute Gasteiger partial charge is 0.504 e. The van der Waals surface area contributed by atoms with E-state index in [4.69, 9.17) is 13.9 Å². The van der Waals surface area contributed by atoms with E-state index in [0.29, 0.717) is 0 Å². The normalized spacial score (nSPS) is 11.3. The fourth-order valence-electron chi connectivity index (χ4n) is 2.49. The van der Waals surface area contributed by atoms with Crippen LogP contribution in [0.15, 0.2) is 50.7 Å². The Bertz CT molecular complexity index is 945. The average molecular weight is 372 g/mol. The van der Waals surface area contributed by atoms with Gasteiger partial charge in [-0.25, -0.2) is 4.79 Å². The van der Waals surface area contributed by atoms with E-state index < -0.39 is 11.6 Å². The van der Waals surface area contributed by atoms with Crippen molar-refractivity contribution in [3.63, 3.8) is 0 Å². The lowest BCUT2D eigenvalue weighted by Crippen LogP contribution is -2.09. The maximum atomic E-state index is 12.2. The summed E-state index contributed by atoms with van der Waals surface area (Å²) < 4.78 is 15.7. The standard InChI is InChI=1S/C21H24O6/c1-13(2)7-5-8-14(3)11-12-25-20-18(23)16-9-6-10-17(26-15(4)22)19(16)27-21(20)24/h6-7,9-11,23H,5,8,12H2,1-4H3. The van der Waals surface area contributed by atoms with Crippen molar-refractivity contribution in [3.8, 4) is 17.2 Å². The fraction of sp³-hybridized carbons (Fsp3) is 0.333. The molecule has 27 heavy (non-hydrogen) atoms. The predicted molar refractivity (Wildman–Crippen MR) is 103 cm³/mol. The molecule has 6 heteroatoms. The van der Waals surface area contributed by atoms with Gasteiger partial charge in [0.05, 0.1) is 5.39 Å². The molecule has 1 N–H and O–H groups in total. The molecule has 0 atom stereocenters. The molecule has 0 radical (unpaired) electrons. The molecule has 0 unspecified atom stereocenters. The van der Waals surface area contributed by atoms with Crippen molar-refractivity contribution in [1.29, 1.82) is 0 Å². The maximum absolute atomic E-state index is 12.2. The summed E-state index contributed by atoms with van der Waals surface area (Å²) in [5.74, 6) is -1.10. The summed E-state index contributed by atoms with van der Waals surface area (Å²) in [6, 6.07) is 4.61. The Hall–Kier alpha value is -3.02. The summed E-state index contributed by atoms with van der Waals surface area (Å²) >= 11 is 0. The summed E-state index contributed by atoms with van der Waals surface area (Å²) in [5.41, 5.74) is 1.55. The highest BCUT2D eigenvalue weighted by Crippen LogP contribution is 2.35. The van der Waals surface area contributed by atoms with Crippen LogP contribution >= 0.6 is 0 Å². The van der Waals surface area contributed by atoms with Gasteiger partial charge in [0.2, 0.25) is 5.75 Å². The molecule has 0 aliphatic carbocycles. The molecule has 0 aliphatic rings. The zero-order chi connectivity index (χ0) is 20.0. The second-order valence-corrected chi connectivity index (χ2v) is 6.48. The first-order valence-corrected chi connectivity index (χ1v) is 8.68. The minimum absolute atomic E-state index is 0.00371. The number of fused-ring (bicyclic) bond motifs is 1. The van der Waals surface area contributed by atoms with Crippen LogP contribution < -0.4 is 15.1 Å². The average Bonchev–Trinajstić information content (AvgIpc) is 2.58. The topological polar surface area (TPSA) is 86.0 Å². The number of aromatic hydroxyl groups is 1. The lowest BCUT2D eigenvalue weighted by atomic mass is 10.1. The molecular weight excluding hydrogens is 348 g/mol. The summed E-state index contributed by atoms with van der Waals surface area (Å²) in [6.07, 6.45) is 5.84. The lowest BCUT2D eigenvalue weighted by Gasteiger charge is -2.09. The molecule has 2 rings (SSSR count). The highest BCUT2D eigenvalue weighted by Gasteiger charge is 2.18. The monoisotopic (exact) mass is 372 g/mol.